The average molecular weight is 274 g/mol. The number of rotatable bonds is 3. The Bertz CT molecular complexity index is 488. The molecule has 1 aromatic carbocycles. The zero-order valence-electron chi connectivity index (χ0n) is 13.0. The highest BCUT2D eigenvalue weighted by Crippen LogP contribution is 2.29. The minimum Gasteiger partial charge on any atom is -0.326 e. The number of amides is 1. The van der Waals surface area contributed by atoms with E-state index < -0.39 is 0 Å². The Hall–Kier alpha value is -1.35. The van der Waals surface area contributed by atoms with Gasteiger partial charge in [-0.2, -0.15) is 0 Å². The van der Waals surface area contributed by atoms with Crippen molar-refractivity contribution < 1.29 is 4.79 Å². The second-order valence-electron chi connectivity index (χ2n) is 6.89. The molecule has 2 N–H and O–H groups in total. The number of benzene rings is 1. The quantitative estimate of drug-likeness (QED) is 0.887. The van der Waals surface area contributed by atoms with Gasteiger partial charge in [-0.05, 0) is 41.5 Å². The fourth-order valence-electron chi connectivity index (χ4n) is 2.43. The number of carbonyl (C=O) groups is 1. The lowest BCUT2D eigenvalue weighted by Gasteiger charge is -2.27. The van der Waals surface area contributed by atoms with Gasteiger partial charge in [-0.1, -0.05) is 39.8 Å². The smallest absolute Gasteiger partial charge is 0.224 e. The summed E-state index contributed by atoms with van der Waals surface area (Å²) in [5.41, 5.74) is 3.76. The van der Waals surface area contributed by atoms with Crippen LogP contribution in [0.2, 0.25) is 0 Å². The molecule has 1 atom stereocenters. The molecule has 0 aromatic heterocycles. The van der Waals surface area contributed by atoms with Gasteiger partial charge in [0.15, 0.2) is 0 Å². The molecule has 3 heteroatoms. The molecule has 0 radical (unpaired) electrons. The first kappa shape index (κ1) is 15.0. The fourth-order valence-corrected chi connectivity index (χ4v) is 2.43. The summed E-state index contributed by atoms with van der Waals surface area (Å²) in [5, 5.41) is 6.47. The van der Waals surface area contributed by atoms with Gasteiger partial charge in [0.2, 0.25) is 5.91 Å². The van der Waals surface area contributed by atoms with Crippen LogP contribution in [0.15, 0.2) is 18.2 Å². The Balaban J connectivity index is 2.05. The van der Waals surface area contributed by atoms with Crippen molar-refractivity contribution in [3.8, 4) is 0 Å². The highest BCUT2D eigenvalue weighted by molar-refractivity contribution is 5.91. The van der Waals surface area contributed by atoms with Gasteiger partial charge in [0.1, 0.15) is 0 Å². The van der Waals surface area contributed by atoms with Gasteiger partial charge in [0.05, 0.1) is 0 Å². The highest BCUT2D eigenvalue weighted by atomic mass is 16.1. The summed E-state index contributed by atoms with van der Waals surface area (Å²) >= 11 is 0. The number of hydrogen-bond acceptors (Lipinski definition) is 2. The molecular formula is C17H26N2O. The second kappa shape index (κ2) is 5.96. The van der Waals surface area contributed by atoms with Gasteiger partial charge >= 0.3 is 0 Å². The van der Waals surface area contributed by atoms with E-state index in [2.05, 4.69) is 44.4 Å². The molecule has 0 aliphatic carbocycles. The SMILES string of the molecule is CC(CC(=O)Nc1cccc2c1CCNC2)C(C)(C)C. The van der Waals surface area contributed by atoms with Crippen molar-refractivity contribution in [2.75, 3.05) is 11.9 Å². The summed E-state index contributed by atoms with van der Waals surface area (Å²) in [5.74, 6) is 0.489. The van der Waals surface area contributed by atoms with Crippen LogP contribution >= 0.6 is 0 Å². The lowest BCUT2D eigenvalue weighted by Crippen LogP contribution is -2.27. The molecule has 110 valence electrons. The lowest BCUT2D eigenvalue weighted by atomic mass is 9.80. The predicted molar refractivity (Wildman–Crippen MR) is 83.7 cm³/mol. The van der Waals surface area contributed by atoms with E-state index in [9.17, 15) is 4.79 Å². The molecule has 0 saturated carbocycles. The van der Waals surface area contributed by atoms with E-state index in [-0.39, 0.29) is 11.3 Å². The first-order chi connectivity index (χ1) is 9.38. The maximum Gasteiger partial charge on any atom is 0.224 e. The Labute approximate surface area is 122 Å². The van der Waals surface area contributed by atoms with E-state index in [0.29, 0.717) is 12.3 Å². The fraction of sp³-hybridized carbons (Fsp3) is 0.588. The second-order valence-corrected chi connectivity index (χ2v) is 6.89. The van der Waals surface area contributed by atoms with Gasteiger partial charge in [0.25, 0.3) is 0 Å². The summed E-state index contributed by atoms with van der Waals surface area (Å²) in [6, 6.07) is 6.17. The zero-order chi connectivity index (χ0) is 14.8. The maximum atomic E-state index is 12.2. The van der Waals surface area contributed by atoms with Gasteiger partial charge in [-0.15, -0.1) is 0 Å². The van der Waals surface area contributed by atoms with Crippen molar-refractivity contribution in [1.82, 2.24) is 5.32 Å². The highest BCUT2D eigenvalue weighted by Gasteiger charge is 2.23. The molecule has 1 aliphatic heterocycles. The number of hydrogen-bond donors (Lipinski definition) is 2. The van der Waals surface area contributed by atoms with Crippen LogP contribution in [0, 0.1) is 11.3 Å². The van der Waals surface area contributed by atoms with Crippen LogP contribution in [0.5, 0.6) is 0 Å². The van der Waals surface area contributed by atoms with Crippen molar-refractivity contribution in [2.24, 2.45) is 11.3 Å². The molecule has 0 fully saturated rings. The zero-order valence-corrected chi connectivity index (χ0v) is 13.0. The van der Waals surface area contributed by atoms with Gasteiger partial charge in [-0.3, -0.25) is 4.79 Å². The monoisotopic (exact) mass is 274 g/mol. The third-order valence-electron chi connectivity index (χ3n) is 4.38. The van der Waals surface area contributed by atoms with E-state index in [1.54, 1.807) is 0 Å². The van der Waals surface area contributed by atoms with Crippen molar-refractivity contribution in [1.29, 1.82) is 0 Å². The first-order valence-electron chi connectivity index (χ1n) is 7.49. The van der Waals surface area contributed by atoms with Gasteiger partial charge in [-0.25, -0.2) is 0 Å². The van der Waals surface area contributed by atoms with Crippen molar-refractivity contribution in [3.63, 3.8) is 0 Å². The summed E-state index contributed by atoms with van der Waals surface area (Å²) < 4.78 is 0. The van der Waals surface area contributed by atoms with Crippen LogP contribution in [0.4, 0.5) is 5.69 Å². The van der Waals surface area contributed by atoms with Crippen LogP contribution in [-0.2, 0) is 17.8 Å². The molecule has 1 heterocycles. The van der Waals surface area contributed by atoms with Crippen LogP contribution in [0.25, 0.3) is 0 Å². The third kappa shape index (κ3) is 3.60. The first-order valence-corrected chi connectivity index (χ1v) is 7.49. The lowest BCUT2D eigenvalue weighted by molar-refractivity contribution is -0.117. The van der Waals surface area contributed by atoms with E-state index in [0.717, 1.165) is 25.2 Å². The molecule has 3 nitrogen and oxygen atoms in total. The van der Waals surface area contributed by atoms with E-state index >= 15 is 0 Å². The predicted octanol–water partition coefficient (Wildman–Crippen LogP) is 3.34. The van der Waals surface area contributed by atoms with E-state index in [4.69, 9.17) is 0 Å². The average Bonchev–Trinajstić information content (AvgIpc) is 2.38. The van der Waals surface area contributed by atoms with Crippen LogP contribution in [-0.4, -0.2) is 12.5 Å². The molecule has 2 rings (SSSR count). The molecule has 0 bridgehead atoms. The van der Waals surface area contributed by atoms with Crippen LogP contribution in [0.1, 0.15) is 45.2 Å². The van der Waals surface area contributed by atoms with Gasteiger partial charge < -0.3 is 10.6 Å². The summed E-state index contributed by atoms with van der Waals surface area (Å²) in [6.07, 6.45) is 1.56. The summed E-state index contributed by atoms with van der Waals surface area (Å²) in [6.45, 7) is 10.6. The standard InChI is InChI=1S/C17H26N2O/c1-12(17(2,3)4)10-16(20)19-15-7-5-6-13-11-18-9-8-14(13)15/h5-7,12,18H,8-11H2,1-4H3,(H,19,20). The Morgan fingerprint density at radius 2 is 2.15 bits per heavy atom. The molecule has 1 amide bonds. The van der Waals surface area contributed by atoms with Crippen molar-refractivity contribution in [2.45, 2.75) is 47.1 Å². The van der Waals surface area contributed by atoms with Crippen molar-refractivity contribution >= 4 is 11.6 Å². The van der Waals surface area contributed by atoms with Crippen molar-refractivity contribution in [3.05, 3.63) is 29.3 Å². The molecule has 0 saturated heterocycles. The number of nitrogens with one attached hydrogen (secondary N) is 2. The van der Waals surface area contributed by atoms with Crippen LogP contribution < -0.4 is 10.6 Å². The molecule has 20 heavy (non-hydrogen) atoms. The Morgan fingerprint density at radius 3 is 2.85 bits per heavy atom. The minimum atomic E-state index is 0.124. The Morgan fingerprint density at radius 1 is 1.40 bits per heavy atom. The Kier molecular flexibility index (Phi) is 4.48. The summed E-state index contributed by atoms with van der Waals surface area (Å²) in [4.78, 5) is 12.2. The molecule has 1 unspecified atom stereocenters. The molecule has 1 aromatic rings. The largest absolute Gasteiger partial charge is 0.326 e. The summed E-state index contributed by atoms with van der Waals surface area (Å²) in [7, 11) is 0. The van der Waals surface area contributed by atoms with Gasteiger partial charge in [0, 0.05) is 18.7 Å². The minimum absolute atomic E-state index is 0.124. The number of carbonyl (C=O) groups excluding carboxylic acids is 1. The normalized spacial score (nSPS) is 16.4. The number of anilines is 1. The topological polar surface area (TPSA) is 41.1 Å². The van der Waals surface area contributed by atoms with Crippen LogP contribution in [0.3, 0.4) is 0 Å². The van der Waals surface area contributed by atoms with E-state index in [1.807, 2.05) is 12.1 Å². The molecule has 0 spiro atoms. The third-order valence-corrected chi connectivity index (χ3v) is 4.38. The van der Waals surface area contributed by atoms with E-state index in [1.165, 1.54) is 11.1 Å². The molecule has 1 aliphatic rings. The molecular weight excluding hydrogens is 248 g/mol. The number of fused-ring (bicyclic) bond motifs is 1. The maximum absolute atomic E-state index is 12.2.